The maximum Gasteiger partial charge on any atom is 0.312 e. The quantitative estimate of drug-likeness (QED) is 0.654. The van der Waals surface area contributed by atoms with Crippen LogP contribution in [-0.2, 0) is 0 Å². The molecule has 1 saturated carbocycles. The number of halogens is 1. The average molecular weight is 284 g/mol. The van der Waals surface area contributed by atoms with Gasteiger partial charge in [-0.3, -0.25) is 10.1 Å². The summed E-state index contributed by atoms with van der Waals surface area (Å²) in [6.07, 6.45) is 8.98. The largest absolute Gasteiger partial charge is 0.364 e. The molecule has 0 atom stereocenters. The van der Waals surface area contributed by atoms with E-state index in [1.54, 1.807) is 0 Å². The number of rotatable bonds is 5. The van der Waals surface area contributed by atoms with Gasteiger partial charge in [0.05, 0.1) is 9.95 Å². The summed E-state index contributed by atoms with van der Waals surface area (Å²) in [7, 11) is 0. The van der Waals surface area contributed by atoms with Gasteiger partial charge in [-0.2, -0.15) is 0 Å². The van der Waals surface area contributed by atoms with E-state index in [9.17, 15) is 10.1 Å². The molecule has 0 spiro atoms. The van der Waals surface area contributed by atoms with Gasteiger partial charge in [0.1, 0.15) is 0 Å². The SMILES string of the molecule is O=[N+]([O-])c1cc(Cl)cnc1NCCC1CCCCC1. The molecule has 1 fully saturated rings. The van der Waals surface area contributed by atoms with E-state index < -0.39 is 4.92 Å². The van der Waals surface area contributed by atoms with E-state index in [1.165, 1.54) is 44.4 Å². The first kappa shape index (κ1) is 14.1. The van der Waals surface area contributed by atoms with E-state index in [4.69, 9.17) is 11.6 Å². The molecule has 1 aliphatic rings. The Morgan fingerprint density at radius 1 is 1.42 bits per heavy atom. The molecule has 1 heterocycles. The van der Waals surface area contributed by atoms with Crippen molar-refractivity contribution in [1.82, 2.24) is 4.98 Å². The first-order chi connectivity index (χ1) is 9.16. The van der Waals surface area contributed by atoms with Gasteiger partial charge in [-0.25, -0.2) is 4.98 Å². The average Bonchev–Trinajstić information content (AvgIpc) is 2.41. The highest BCUT2D eigenvalue weighted by molar-refractivity contribution is 6.30. The summed E-state index contributed by atoms with van der Waals surface area (Å²) in [4.78, 5) is 14.4. The van der Waals surface area contributed by atoms with E-state index >= 15 is 0 Å². The zero-order valence-electron chi connectivity index (χ0n) is 10.8. The van der Waals surface area contributed by atoms with Crippen molar-refractivity contribution in [3.63, 3.8) is 0 Å². The number of aromatic nitrogens is 1. The van der Waals surface area contributed by atoms with Crippen LogP contribution >= 0.6 is 11.6 Å². The van der Waals surface area contributed by atoms with Crippen molar-refractivity contribution < 1.29 is 4.92 Å². The molecule has 0 bridgehead atoms. The van der Waals surface area contributed by atoms with Gasteiger partial charge in [-0.05, 0) is 12.3 Å². The minimum atomic E-state index is -0.457. The van der Waals surface area contributed by atoms with Crippen LogP contribution in [0.25, 0.3) is 0 Å². The van der Waals surface area contributed by atoms with E-state index in [2.05, 4.69) is 10.3 Å². The fourth-order valence-corrected chi connectivity index (χ4v) is 2.73. The molecule has 0 saturated heterocycles. The molecule has 1 aromatic heterocycles. The van der Waals surface area contributed by atoms with Gasteiger partial charge >= 0.3 is 5.69 Å². The molecule has 0 aliphatic heterocycles. The second-order valence-electron chi connectivity index (χ2n) is 5.00. The molecule has 6 heteroatoms. The van der Waals surface area contributed by atoms with Crippen LogP contribution in [0.15, 0.2) is 12.3 Å². The first-order valence-electron chi connectivity index (χ1n) is 6.70. The summed E-state index contributed by atoms with van der Waals surface area (Å²) < 4.78 is 0. The van der Waals surface area contributed by atoms with Crippen molar-refractivity contribution in [2.45, 2.75) is 38.5 Å². The monoisotopic (exact) mass is 283 g/mol. The fraction of sp³-hybridized carbons (Fsp3) is 0.615. The van der Waals surface area contributed by atoms with Crippen LogP contribution in [0.5, 0.6) is 0 Å². The van der Waals surface area contributed by atoms with Crippen LogP contribution in [0.1, 0.15) is 38.5 Å². The summed E-state index contributed by atoms with van der Waals surface area (Å²) in [6, 6.07) is 1.33. The fourth-order valence-electron chi connectivity index (χ4n) is 2.57. The van der Waals surface area contributed by atoms with E-state index in [0.717, 1.165) is 18.9 Å². The normalized spacial score (nSPS) is 16.3. The molecule has 1 N–H and O–H groups in total. The number of nitrogens with zero attached hydrogens (tertiary/aromatic N) is 2. The molecule has 0 unspecified atom stereocenters. The Labute approximate surface area is 117 Å². The van der Waals surface area contributed by atoms with Crippen LogP contribution in [0.3, 0.4) is 0 Å². The predicted molar refractivity (Wildman–Crippen MR) is 75.6 cm³/mol. The summed E-state index contributed by atoms with van der Waals surface area (Å²) >= 11 is 5.72. The Bertz CT molecular complexity index is 448. The lowest BCUT2D eigenvalue weighted by Crippen LogP contribution is -2.13. The highest BCUT2D eigenvalue weighted by Gasteiger charge is 2.17. The van der Waals surface area contributed by atoms with E-state index in [-0.39, 0.29) is 10.7 Å². The second kappa shape index (κ2) is 6.70. The lowest BCUT2D eigenvalue weighted by molar-refractivity contribution is -0.384. The lowest BCUT2D eigenvalue weighted by atomic mass is 9.87. The Morgan fingerprint density at radius 3 is 2.84 bits per heavy atom. The minimum Gasteiger partial charge on any atom is -0.364 e. The molecule has 104 valence electrons. The Morgan fingerprint density at radius 2 is 2.16 bits per heavy atom. The van der Waals surface area contributed by atoms with Crippen LogP contribution in [0.2, 0.25) is 5.02 Å². The minimum absolute atomic E-state index is 0.0591. The number of hydrogen-bond donors (Lipinski definition) is 1. The molecule has 1 aliphatic carbocycles. The van der Waals surface area contributed by atoms with Crippen molar-refractivity contribution in [3.05, 3.63) is 27.4 Å². The summed E-state index contributed by atoms with van der Waals surface area (Å²) in [6.45, 7) is 0.722. The van der Waals surface area contributed by atoms with Crippen molar-refractivity contribution >= 4 is 23.1 Å². The molecule has 0 amide bonds. The first-order valence-corrected chi connectivity index (χ1v) is 7.08. The summed E-state index contributed by atoms with van der Waals surface area (Å²) in [5.41, 5.74) is -0.0591. The predicted octanol–water partition coefficient (Wildman–Crippen LogP) is 4.03. The number of hydrogen-bond acceptors (Lipinski definition) is 4. The van der Waals surface area contributed by atoms with Gasteiger partial charge in [0, 0.05) is 18.8 Å². The summed E-state index contributed by atoms with van der Waals surface area (Å²) in [5.74, 6) is 1.05. The standard InChI is InChI=1S/C13H18ClN3O2/c14-11-8-12(17(18)19)13(16-9-11)15-7-6-10-4-2-1-3-5-10/h8-10H,1-7H2,(H,15,16). The molecule has 5 nitrogen and oxygen atoms in total. The van der Waals surface area contributed by atoms with Crippen LogP contribution in [0.4, 0.5) is 11.5 Å². The Hall–Kier alpha value is -1.36. The number of anilines is 1. The smallest absolute Gasteiger partial charge is 0.312 e. The zero-order valence-corrected chi connectivity index (χ0v) is 11.5. The van der Waals surface area contributed by atoms with Crippen molar-refractivity contribution in [3.8, 4) is 0 Å². The van der Waals surface area contributed by atoms with Gasteiger partial charge in [0.2, 0.25) is 5.82 Å². The van der Waals surface area contributed by atoms with Gasteiger partial charge in [-0.15, -0.1) is 0 Å². The molecule has 0 aromatic carbocycles. The third-order valence-corrected chi connectivity index (χ3v) is 3.81. The van der Waals surface area contributed by atoms with Gasteiger partial charge in [0.15, 0.2) is 0 Å². The third kappa shape index (κ3) is 4.06. The van der Waals surface area contributed by atoms with Gasteiger partial charge in [0.25, 0.3) is 0 Å². The van der Waals surface area contributed by atoms with Crippen molar-refractivity contribution in [1.29, 1.82) is 0 Å². The molecular weight excluding hydrogens is 266 g/mol. The number of nitrogens with one attached hydrogen (secondary N) is 1. The Balaban J connectivity index is 1.89. The third-order valence-electron chi connectivity index (χ3n) is 3.60. The van der Waals surface area contributed by atoms with Gasteiger partial charge in [-0.1, -0.05) is 43.7 Å². The summed E-state index contributed by atoms with van der Waals surface area (Å²) in [5, 5.41) is 14.2. The van der Waals surface area contributed by atoms with Gasteiger partial charge < -0.3 is 5.32 Å². The van der Waals surface area contributed by atoms with E-state index in [1.807, 2.05) is 0 Å². The van der Waals surface area contributed by atoms with E-state index in [0.29, 0.717) is 5.82 Å². The molecule has 19 heavy (non-hydrogen) atoms. The molecular formula is C13H18ClN3O2. The molecule has 2 rings (SSSR count). The number of nitro groups is 1. The highest BCUT2D eigenvalue weighted by atomic mass is 35.5. The van der Waals surface area contributed by atoms with Crippen LogP contribution in [-0.4, -0.2) is 16.5 Å². The highest BCUT2D eigenvalue weighted by Crippen LogP contribution is 2.28. The maximum absolute atomic E-state index is 10.9. The molecule has 0 radical (unpaired) electrons. The zero-order chi connectivity index (χ0) is 13.7. The lowest BCUT2D eigenvalue weighted by Gasteiger charge is -2.21. The Kier molecular flexibility index (Phi) is 4.96. The van der Waals surface area contributed by atoms with Crippen LogP contribution < -0.4 is 5.32 Å². The number of pyridine rings is 1. The molecule has 1 aromatic rings. The van der Waals surface area contributed by atoms with Crippen LogP contribution in [0, 0.1) is 16.0 Å². The van der Waals surface area contributed by atoms with Crippen molar-refractivity contribution in [2.24, 2.45) is 5.92 Å². The van der Waals surface area contributed by atoms with Crippen molar-refractivity contribution in [2.75, 3.05) is 11.9 Å². The topological polar surface area (TPSA) is 68.1 Å². The second-order valence-corrected chi connectivity index (χ2v) is 5.43. The maximum atomic E-state index is 10.9.